The minimum Gasteiger partial charge on any atom is -0.339 e. The molecular formula is C17H21ClN2OS. The van der Waals surface area contributed by atoms with Gasteiger partial charge in [-0.2, -0.15) is 0 Å². The van der Waals surface area contributed by atoms with Crippen LogP contribution in [0.15, 0.2) is 29.6 Å². The van der Waals surface area contributed by atoms with Crippen LogP contribution < -0.4 is 5.32 Å². The number of amides is 1. The smallest absolute Gasteiger partial charge is 0.255 e. The zero-order valence-corrected chi connectivity index (χ0v) is 14.1. The van der Waals surface area contributed by atoms with E-state index in [4.69, 9.17) is 0 Å². The average Bonchev–Trinajstić information content (AvgIpc) is 3.09. The van der Waals surface area contributed by atoms with Gasteiger partial charge >= 0.3 is 0 Å². The number of hydrogen-bond donors (Lipinski definition) is 1. The maximum atomic E-state index is 12.9. The first-order valence-electron chi connectivity index (χ1n) is 7.79. The van der Waals surface area contributed by atoms with Gasteiger partial charge in [-0.05, 0) is 43.8 Å². The molecule has 2 aliphatic rings. The van der Waals surface area contributed by atoms with E-state index in [9.17, 15) is 4.79 Å². The SMILES string of the molecule is Cl.O=C(c1csc2ccccc12)N1CC[C@@H]2CNC[C@@H]2CC1. The summed E-state index contributed by atoms with van der Waals surface area (Å²) in [5, 5.41) is 6.62. The molecule has 1 aromatic carbocycles. The van der Waals surface area contributed by atoms with Crippen molar-refractivity contribution < 1.29 is 4.79 Å². The number of nitrogens with one attached hydrogen (secondary N) is 1. The lowest BCUT2D eigenvalue weighted by Gasteiger charge is -2.20. The lowest BCUT2D eigenvalue weighted by Crippen LogP contribution is -2.32. The summed E-state index contributed by atoms with van der Waals surface area (Å²) in [5.41, 5.74) is 0.890. The van der Waals surface area contributed by atoms with Crippen molar-refractivity contribution in [1.29, 1.82) is 0 Å². The normalized spacial score (nSPS) is 24.6. The molecule has 22 heavy (non-hydrogen) atoms. The second-order valence-corrected chi connectivity index (χ2v) is 7.10. The molecule has 2 aliphatic heterocycles. The minimum atomic E-state index is 0. The Balaban J connectivity index is 0.00000144. The highest BCUT2D eigenvalue weighted by molar-refractivity contribution is 7.17. The standard InChI is InChI=1S/C17H20N2OS.ClH/c20-17(15-11-21-16-4-2-1-3-14(15)16)19-7-5-12-9-18-10-13(12)6-8-19;/h1-4,11-13,18H,5-10H2;1H/t12-,13+;. The van der Waals surface area contributed by atoms with Crippen LogP contribution in [0.3, 0.4) is 0 Å². The molecule has 0 radical (unpaired) electrons. The molecule has 4 rings (SSSR count). The number of carbonyl (C=O) groups excluding carboxylic acids is 1. The van der Waals surface area contributed by atoms with Crippen LogP contribution in [0.2, 0.25) is 0 Å². The molecule has 0 bridgehead atoms. The Morgan fingerprint density at radius 3 is 2.55 bits per heavy atom. The maximum absolute atomic E-state index is 12.9. The van der Waals surface area contributed by atoms with Gasteiger partial charge in [-0.3, -0.25) is 4.79 Å². The van der Waals surface area contributed by atoms with Crippen molar-refractivity contribution in [3.63, 3.8) is 0 Å². The Morgan fingerprint density at radius 1 is 1.14 bits per heavy atom. The fourth-order valence-electron chi connectivity index (χ4n) is 3.73. The molecule has 1 aromatic heterocycles. The third kappa shape index (κ3) is 2.75. The zero-order valence-electron chi connectivity index (χ0n) is 12.5. The van der Waals surface area contributed by atoms with Gasteiger partial charge in [0.25, 0.3) is 5.91 Å². The van der Waals surface area contributed by atoms with Crippen LogP contribution >= 0.6 is 23.7 Å². The molecule has 0 spiro atoms. The Labute approximate surface area is 141 Å². The Bertz CT molecular complexity index is 657. The highest BCUT2D eigenvalue weighted by atomic mass is 35.5. The first kappa shape index (κ1) is 15.8. The van der Waals surface area contributed by atoms with Gasteiger partial charge in [-0.25, -0.2) is 0 Å². The van der Waals surface area contributed by atoms with E-state index in [1.807, 2.05) is 17.5 Å². The van der Waals surface area contributed by atoms with Crippen molar-refractivity contribution in [2.75, 3.05) is 26.2 Å². The van der Waals surface area contributed by atoms with Gasteiger partial charge in [0.2, 0.25) is 0 Å². The predicted molar refractivity (Wildman–Crippen MR) is 94.1 cm³/mol. The van der Waals surface area contributed by atoms with Crippen molar-refractivity contribution in [3.05, 3.63) is 35.2 Å². The number of benzene rings is 1. The zero-order chi connectivity index (χ0) is 14.2. The summed E-state index contributed by atoms with van der Waals surface area (Å²) >= 11 is 1.67. The number of hydrogen-bond acceptors (Lipinski definition) is 3. The van der Waals surface area contributed by atoms with Crippen LogP contribution in [0.4, 0.5) is 0 Å². The molecule has 2 fully saturated rings. The first-order valence-corrected chi connectivity index (χ1v) is 8.67. The third-order valence-electron chi connectivity index (χ3n) is 5.02. The van der Waals surface area contributed by atoms with E-state index in [1.54, 1.807) is 11.3 Å². The number of fused-ring (bicyclic) bond motifs is 2. The summed E-state index contributed by atoms with van der Waals surface area (Å²) < 4.78 is 1.21. The topological polar surface area (TPSA) is 32.3 Å². The van der Waals surface area contributed by atoms with Crippen molar-refractivity contribution >= 4 is 39.7 Å². The summed E-state index contributed by atoms with van der Waals surface area (Å²) in [4.78, 5) is 14.9. The molecule has 1 N–H and O–H groups in total. The molecule has 0 unspecified atom stereocenters. The molecule has 0 saturated carbocycles. The third-order valence-corrected chi connectivity index (χ3v) is 5.98. The van der Waals surface area contributed by atoms with Gasteiger partial charge < -0.3 is 10.2 Å². The van der Waals surface area contributed by atoms with Crippen molar-refractivity contribution in [2.24, 2.45) is 11.8 Å². The van der Waals surface area contributed by atoms with Gasteiger partial charge in [0.1, 0.15) is 0 Å². The number of carbonyl (C=O) groups is 1. The van der Waals surface area contributed by atoms with Gasteiger partial charge in [0, 0.05) is 28.6 Å². The van der Waals surface area contributed by atoms with E-state index in [0.29, 0.717) is 0 Å². The fourth-order valence-corrected chi connectivity index (χ4v) is 4.67. The van der Waals surface area contributed by atoms with E-state index >= 15 is 0 Å². The van der Waals surface area contributed by atoms with Crippen LogP contribution in [-0.4, -0.2) is 37.0 Å². The molecule has 3 heterocycles. The number of likely N-dealkylation sites (tertiary alicyclic amines) is 1. The molecular weight excluding hydrogens is 316 g/mol. The van der Waals surface area contributed by atoms with Crippen LogP contribution in [0.25, 0.3) is 10.1 Å². The van der Waals surface area contributed by atoms with Gasteiger partial charge in [0.15, 0.2) is 0 Å². The van der Waals surface area contributed by atoms with E-state index in [0.717, 1.165) is 61.8 Å². The molecule has 2 atom stereocenters. The summed E-state index contributed by atoms with van der Waals surface area (Å²) in [6.07, 6.45) is 2.29. The lowest BCUT2D eigenvalue weighted by molar-refractivity contribution is 0.0761. The molecule has 2 aromatic rings. The quantitative estimate of drug-likeness (QED) is 0.865. The van der Waals surface area contributed by atoms with Crippen LogP contribution in [0, 0.1) is 11.8 Å². The number of rotatable bonds is 1. The van der Waals surface area contributed by atoms with Crippen molar-refractivity contribution in [3.8, 4) is 0 Å². The van der Waals surface area contributed by atoms with Gasteiger partial charge in [-0.15, -0.1) is 23.7 Å². The van der Waals surface area contributed by atoms with E-state index in [1.165, 1.54) is 4.70 Å². The monoisotopic (exact) mass is 336 g/mol. The Hall–Kier alpha value is -1.10. The van der Waals surface area contributed by atoms with E-state index < -0.39 is 0 Å². The van der Waals surface area contributed by atoms with Crippen LogP contribution in [0.1, 0.15) is 23.2 Å². The van der Waals surface area contributed by atoms with E-state index in [-0.39, 0.29) is 18.3 Å². The van der Waals surface area contributed by atoms with Crippen LogP contribution in [0.5, 0.6) is 0 Å². The van der Waals surface area contributed by atoms with Crippen molar-refractivity contribution in [2.45, 2.75) is 12.8 Å². The largest absolute Gasteiger partial charge is 0.339 e. The molecule has 5 heteroatoms. The summed E-state index contributed by atoms with van der Waals surface area (Å²) in [5.74, 6) is 1.75. The number of halogens is 1. The maximum Gasteiger partial charge on any atom is 0.255 e. The molecule has 2 saturated heterocycles. The Morgan fingerprint density at radius 2 is 1.82 bits per heavy atom. The molecule has 0 aliphatic carbocycles. The summed E-state index contributed by atoms with van der Waals surface area (Å²) in [7, 11) is 0. The summed E-state index contributed by atoms with van der Waals surface area (Å²) in [6, 6.07) is 8.21. The fraction of sp³-hybridized carbons (Fsp3) is 0.471. The number of nitrogens with zero attached hydrogens (tertiary/aromatic N) is 1. The highest BCUT2D eigenvalue weighted by Crippen LogP contribution is 2.30. The highest BCUT2D eigenvalue weighted by Gasteiger charge is 2.32. The van der Waals surface area contributed by atoms with E-state index in [2.05, 4.69) is 22.3 Å². The molecule has 118 valence electrons. The van der Waals surface area contributed by atoms with Crippen molar-refractivity contribution in [1.82, 2.24) is 10.2 Å². The second-order valence-electron chi connectivity index (χ2n) is 6.19. The van der Waals surface area contributed by atoms with Gasteiger partial charge in [0.05, 0.1) is 5.56 Å². The predicted octanol–water partition coefficient (Wildman–Crippen LogP) is 3.39. The summed E-state index contributed by atoms with van der Waals surface area (Å²) in [6.45, 7) is 4.08. The first-order chi connectivity index (χ1) is 10.3. The second kappa shape index (κ2) is 6.57. The van der Waals surface area contributed by atoms with Crippen LogP contribution in [-0.2, 0) is 0 Å². The Kier molecular flexibility index (Phi) is 4.71. The lowest BCUT2D eigenvalue weighted by atomic mass is 9.92. The van der Waals surface area contributed by atoms with Gasteiger partial charge in [-0.1, -0.05) is 18.2 Å². The average molecular weight is 337 g/mol. The number of thiophene rings is 1. The molecule has 3 nitrogen and oxygen atoms in total. The molecule has 1 amide bonds. The minimum absolute atomic E-state index is 0.